The minimum atomic E-state index is -1.26. The fraction of sp³-hybridized carbons (Fsp3) is 0.417. The second kappa shape index (κ2) is 4.19. The Labute approximate surface area is 102 Å². The normalized spacial score (nSPS) is 22.3. The Bertz CT molecular complexity index is 502. The van der Waals surface area contributed by atoms with Gasteiger partial charge in [-0.25, -0.2) is 18.0 Å². The van der Waals surface area contributed by atoms with Gasteiger partial charge in [0.05, 0.1) is 6.04 Å². The Balaban J connectivity index is 2.46. The van der Waals surface area contributed by atoms with Gasteiger partial charge in [0, 0.05) is 17.0 Å². The van der Waals surface area contributed by atoms with Crippen LogP contribution in [0.15, 0.2) is 12.1 Å². The van der Waals surface area contributed by atoms with Crippen LogP contribution in [0.2, 0.25) is 0 Å². The van der Waals surface area contributed by atoms with Gasteiger partial charge in [-0.15, -0.1) is 0 Å². The Morgan fingerprint density at radius 1 is 1.22 bits per heavy atom. The van der Waals surface area contributed by atoms with Gasteiger partial charge in [-0.1, -0.05) is 13.8 Å². The molecule has 1 aromatic rings. The van der Waals surface area contributed by atoms with Gasteiger partial charge in [0.1, 0.15) is 12.4 Å². The van der Waals surface area contributed by atoms with Crippen LogP contribution in [-0.2, 0) is 4.74 Å². The number of halogens is 3. The zero-order valence-corrected chi connectivity index (χ0v) is 9.89. The Morgan fingerprint density at radius 3 is 2.50 bits per heavy atom. The maximum absolute atomic E-state index is 13.7. The molecule has 18 heavy (non-hydrogen) atoms. The van der Waals surface area contributed by atoms with Gasteiger partial charge < -0.3 is 10.1 Å². The second-order valence-electron chi connectivity index (χ2n) is 4.93. The smallest absolute Gasteiger partial charge is 0.407 e. The van der Waals surface area contributed by atoms with Crippen molar-refractivity contribution in [1.29, 1.82) is 0 Å². The molecule has 0 bridgehead atoms. The summed E-state index contributed by atoms with van der Waals surface area (Å²) in [5, 5.41) is 2.42. The highest BCUT2D eigenvalue weighted by Gasteiger charge is 2.39. The average molecular weight is 259 g/mol. The third-order valence-electron chi connectivity index (χ3n) is 2.97. The summed E-state index contributed by atoms with van der Waals surface area (Å²) in [4.78, 5) is 11.2. The van der Waals surface area contributed by atoms with Gasteiger partial charge in [-0.05, 0) is 6.07 Å². The number of ether oxygens (including phenoxy) is 1. The number of hydrogen-bond acceptors (Lipinski definition) is 2. The number of carbonyl (C=O) groups is 1. The van der Waals surface area contributed by atoms with Crippen molar-refractivity contribution in [2.75, 3.05) is 6.61 Å². The lowest BCUT2D eigenvalue weighted by molar-refractivity contribution is 0.0376. The van der Waals surface area contributed by atoms with Crippen LogP contribution < -0.4 is 5.32 Å². The Morgan fingerprint density at radius 2 is 1.83 bits per heavy atom. The summed E-state index contributed by atoms with van der Waals surface area (Å²) < 4.78 is 44.5. The predicted octanol–water partition coefficient (Wildman–Crippen LogP) is 2.91. The SMILES string of the molecule is CC1(C)COC(=O)N[C@@H]1c1cc(F)c(F)cc1F. The van der Waals surface area contributed by atoms with E-state index in [1.807, 2.05) is 0 Å². The predicted molar refractivity (Wildman–Crippen MR) is 57.3 cm³/mol. The molecule has 1 N–H and O–H groups in total. The van der Waals surface area contributed by atoms with Gasteiger partial charge in [0.15, 0.2) is 11.6 Å². The first-order valence-electron chi connectivity index (χ1n) is 5.39. The molecule has 0 spiro atoms. The molecular weight excluding hydrogens is 247 g/mol. The van der Waals surface area contributed by atoms with Crippen LogP contribution in [0.5, 0.6) is 0 Å². The van der Waals surface area contributed by atoms with E-state index in [0.717, 1.165) is 6.07 Å². The fourth-order valence-corrected chi connectivity index (χ4v) is 1.95. The lowest BCUT2D eigenvalue weighted by Crippen LogP contribution is -2.47. The molecule has 1 saturated heterocycles. The molecular formula is C12H12F3NO2. The third kappa shape index (κ3) is 2.14. The van der Waals surface area contributed by atoms with Crippen molar-refractivity contribution in [3.05, 3.63) is 35.1 Å². The maximum atomic E-state index is 13.7. The van der Waals surface area contributed by atoms with Crippen molar-refractivity contribution >= 4 is 6.09 Å². The fourth-order valence-electron chi connectivity index (χ4n) is 1.95. The monoisotopic (exact) mass is 259 g/mol. The van der Waals surface area contributed by atoms with E-state index in [4.69, 9.17) is 4.74 Å². The summed E-state index contributed by atoms with van der Waals surface area (Å²) in [6.07, 6.45) is -0.705. The summed E-state index contributed by atoms with van der Waals surface area (Å²) in [6, 6.07) is 0.472. The number of carbonyl (C=O) groups excluding carboxylic acids is 1. The number of amides is 1. The summed E-state index contributed by atoms with van der Waals surface area (Å²) in [5.41, 5.74) is -0.713. The van der Waals surface area contributed by atoms with Crippen LogP contribution in [0.4, 0.5) is 18.0 Å². The molecule has 0 saturated carbocycles. The zero-order valence-electron chi connectivity index (χ0n) is 9.89. The molecule has 0 aliphatic carbocycles. The van der Waals surface area contributed by atoms with E-state index >= 15 is 0 Å². The number of hydrogen-bond donors (Lipinski definition) is 1. The lowest BCUT2D eigenvalue weighted by atomic mass is 9.80. The van der Waals surface area contributed by atoms with Gasteiger partial charge in [-0.2, -0.15) is 0 Å². The second-order valence-corrected chi connectivity index (χ2v) is 4.93. The van der Waals surface area contributed by atoms with Gasteiger partial charge in [0.2, 0.25) is 0 Å². The highest BCUT2D eigenvalue weighted by molar-refractivity contribution is 5.69. The van der Waals surface area contributed by atoms with E-state index in [-0.39, 0.29) is 12.2 Å². The van der Waals surface area contributed by atoms with E-state index in [9.17, 15) is 18.0 Å². The van der Waals surface area contributed by atoms with Crippen LogP contribution in [0.25, 0.3) is 0 Å². The summed E-state index contributed by atoms with van der Waals surface area (Å²) >= 11 is 0. The van der Waals surface area contributed by atoms with Gasteiger partial charge >= 0.3 is 6.09 Å². The molecule has 1 aromatic carbocycles. The van der Waals surface area contributed by atoms with Crippen LogP contribution in [0.3, 0.4) is 0 Å². The Kier molecular flexibility index (Phi) is 2.96. The molecule has 1 heterocycles. The summed E-state index contributed by atoms with van der Waals surface area (Å²) in [7, 11) is 0. The van der Waals surface area contributed by atoms with E-state index in [0.29, 0.717) is 6.07 Å². The molecule has 6 heteroatoms. The molecule has 1 fully saturated rings. The number of nitrogens with one attached hydrogen (secondary N) is 1. The van der Waals surface area contributed by atoms with Crippen molar-refractivity contribution in [2.45, 2.75) is 19.9 Å². The molecule has 0 unspecified atom stereocenters. The number of rotatable bonds is 1. The molecule has 3 nitrogen and oxygen atoms in total. The summed E-state index contributed by atoms with van der Waals surface area (Å²) in [6.45, 7) is 3.54. The lowest BCUT2D eigenvalue weighted by Gasteiger charge is -2.38. The van der Waals surface area contributed by atoms with Crippen molar-refractivity contribution in [2.24, 2.45) is 5.41 Å². The topological polar surface area (TPSA) is 38.3 Å². The molecule has 1 aliphatic heterocycles. The van der Waals surface area contributed by atoms with Crippen LogP contribution in [0, 0.1) is 22.9 Å². The minimum absolute atomic E-state index is 0.0714. The largest absolute Gasteiger partial charge is 0.449 e. The number of cyclic esters (lactones) is 1. The Hall–Kier alpha value is -1.72. The van der Waals surface area contributed by atoms with E-state index in [1.165, 1.54) is 0 Å². The van der Waals surface area contributed by atoms with E-state index in [1.54, 1.807) is 13.8 Å². The van der Waals surface area contributed by atoms with Gasteiger partial charge in [-0.3, -0.25) is 0 Å². The molecule has 2 rings (SSSR count). The molecule has 1 atom stereocenters. The first-order valence-corrected chi connectivity index (χ1v) is 5.39. The highest BCUT2D eigenvalue weighted by atomic mass is 19.2. The molecule has 0 aromatic heterocycles. The zero-order chi connectivity index (χ0) is 13.5. The molecule has 1 amide bonds. The molecule has 1 aliphatic rings. The van der Waals surface area contributed by atoms with Crippen molar-refractivity contribution in [3.63, 3.8) is 0 Å². The van der Waals surface area contributed by atoms with Crippen LogP contribution in [0.1, 0.15) is 25.5 Å². The number of alkyl carbamates (subject to hydrolysis) is 1. The average Bonchev–Trinajstić information content (AvgIpc) is 2.27. The standard InChI is InChI=1S/C12H12F3NO2/c1-12(2)5-18-11(17)16-10(12)6-3-8(14)9(15)4-7(6)13/h3-4,10H,5H2,1-2H3,(H,16,17)/t10-/m1/s1. The summed E-state index contributed by atoms with van der Waals surface area (Å²) in [5.74, 6) is -3.30. The van der Waals surface area contributed by atoms with E-state index < -0.39 is 35.0 Å². The maximum Gasteiger partial charge on any atom is 0.407 e. The van der Waals surface area contributed by atoms with Crippen molar-refractivity contribution < 1.29 is 22.7 Å². The molecule has 98 valence electrons. The highest BCUT2D eigenvalue weighted by Crippen LogP contribution is 2.37. The van der Waals surface area contributed by atoms with E-state index in [2.05, 4.69) is 5.32 Å². The van der Waals surface area contributed by atoms with Crippen LogP contribution in [-0.4, -0.2) is 12.7 Å². The first-order chi connectivity index (χ1) is 8.31. The molecule has 0 radical (unpaired) electrons. The van der Waals surface area contributed by atoms with Crippen molar-refractivity contribution in [1.82, 2.24) is 5.32 Å². The van der Waals surface area contributed by atoms with Crippen LogP contribution >= 0.6 is 0 Å². The third-order valence-corrected chi connectivity index (χ3v) is 2.97. The first kappa shape index (κ1) is 12.7. The number of benzene rings is 1. The van der Waals surface area contributed by atoms with Gasteiger partial charge in [0.25, 0.3) is 0 Å². The quantitative estimate of drug-likeness (QED) is 0.787. The minimum Gasteiger partial charge on any atom is -0.449 e. The van der Waals surface area contributed by atoms with Crippen molar-refractivity contribution in [3.8, 4) is 0 Å².